The van der Waals surface area contributed by atoms with Gasteiger partial charge in [-0.3, -0.25) is 5.10 Å². The van der Waals surface area contributed by atoms with Gasteiger partial charge < -0.3 is 4.74 Å². The minimum Gasteiger partial charge on any atom is -0.465 e. The monoisotopic (exact) mass is 310 g/mol. The first-order chi connectivity index (χ1) is 9.95. The van der Waals surface area contributed by atoms with Crippen LogP contribution in [0.2, 0.25) is 0 Å². The molecule has 0 radical (unpaired) electrons. The minimum atomic E-state index is -3.74. The number of hydrogen-bond donors (Lipinski definition) is 1. The Morgan fingerprint density at radius 1 is 1.43 bits per heavy atom. The van der Waals surface area contributed by atoms with Crippen LogP contribution < -0.4 is 0 Å². The van der Waals surface area contributed by atoms with Crippen molar-refractivity contribution in [2.75, 3.05) is 14.2 Å². The fraction of sp³-hybridized carbons (Fsp3) is 0.250. The Balaban J connectivity index is 2.28. The van der Waals surface area contributed by atoms with Gasteiger partial charge in [0.25, 0.3) is 0 Å². The molecule has 1 aromatic carbocycles. The number of H-pyrrole nitrogens is 1. The van der Waals surface area contributed by atoms with E-state index < -0.39 is 16.0 Å². The first kappa shape index (κ1) is 15.1. The van der Waals surface area contributed by atoms with E-state index in [4.69, 9.17) is 0 Å². The van der Waals surface area contributed by atoms with E-state index in [1.807, 2.05) is 0 Å². The Morgan fingerprint density at radius 3 is 2.81 bits per heavy atom. The molecule has 0 aliphatic rings. The van der Waals surface area contributed by atoms with Gasteiger partial charge >= 0.3 is 5.97 Å². The number of ether oxygens (including phenoxy) is 1. The van der Waals surface area contributed by atoms with Gasteiger partial charge in [0.05, 0.1) is 24.1 Å². The van der Waals surface area contributed by atoms with Gasteiger partial charge in [-0.2, -0.15) is 9.40 Å². The molecule has 0 saturated carbocycles. The van der Waals surface area contributed by atoms with Crippen molar-refractivity contribution in [3.8, 4) is 0 Å². The highest BCUT2D eigenvalue weighted by Crippen LogP contribution is 2.17. The van der Waals surface area contributed by atoms with Gasteiger partial charge in [0.1, 0.15) is 12.2 Å². The molecule has 112 valence electrons. The third-order valence-electron chi connectivity index (χ3n) is 2.80. The van der Waals surface area contributed by atoms with Gasteiger partial charge in [-0.15, -0.1) is 0 Å². The maximum absolute atomic E-state index is 12.4. The van der Waals surface area contributed by atoms with Crippen LogP contribution in [0.5, 0.6) is 0 Å². The Kier molecular flexibility index (Phi) is 4.34. The first-order valence-corrected chi connectivity index (χ1v) is 7.38. The Morgan fingerprint density at radius 2 is 2.19 bits per heavy atom. The lowest BCUT2D eigenvalue weighted by Crippen LogP contribution is -2.27. The highest BCUT2D eigenvalue weighted by atomic mass is 32.2. The number of methoxy groups -OCH3 is 1. The molecule has 1 N–H and O–H groups in total. The number of benzene rings is 1. The van der Waals surface area contributed by atoms with Crippen LogP contribution in [-0.4, -0.2) is 48.0 Å². The topological polar surface area (TPSA) is 105 Å². The molecule has 1 heterocycles. The number of nitrogens with zero attached hydrogens (tertiary/aromatic N) is 3. The van der Waals surface area contributed by atoms with Crippen molar-refractivity contribution in [1.29, 1.82) is 0 Å². The molecule has 21 heavy (non-hydrogen) atoms. The van der Waals surface area contributed by atoms with E-state index in [0.29, 0.717) is 5.82 Å². The molecule has 0 aliphatic heterocycles. The van der Waals surface area contributed by atoms with Crippen molar-refractivity contribution in [1.82, 2.24) is 19.5 Å². The maximum Gasteiger partial charge on any atom is 0.337 e. The molecule has 0 aliphatic carbocycles. The molecule has 9 heteroatoms. The fourth-order valence-corrected chi connectivity index (χ4v) is 2.86. The van der Waals surface area contributed by atoms with E-state index in [0.717, 1.165) is 4.31 Å². The van der Waals surface area contributed by atoms with Gasteiger partial charge in [-0.05, 0) is 18.2 Å². The van der Waals surface area contributed by atoms with Crippen LogP contribution in [0.15, 0.2) is 35.5 Å². The highest BCUT2D eigenvalue weighted by molar-refractivity contribution is 7.89. The summed E-state index contributed by atoms with van der Waals surface area (Å²) in [4.78, 5) is 15.3. The molecule has 0 atom stereocenters. The number of nitrogens with one attached hydrogen (secondary N) is 1. The first-order valence-electron chi connectivity index (χ1n) is 5.94. The summed E-state index contributed by atoms with van der Waals surface area (Å²) >= 11 is 0. The summed E-state index contributed by atoms with van der Waals surface area (Å²) in [7, 11) is -1.09. The predicted octanol–water partition coefficient (Wildman–Crippen LogP) is 0.412. The summed E-state index contributed by atoms with van der Waals surface area (Å²) in [6.07, 6.45) is 1.30. The second kappa shape index (κ2) is 6.02. The van der Waals surface area contributed by atoms with E-state index in [2.05, 4.69) is 19.9 Å². The third kappa shape index (κ3) is 3.26. The Bertz CT molecular complexity index is 727. The molecule has 0 fully saturated rings. The largest absolute Gasteiger partial charge is 0.465 e. The second-order valence-corrected chi connectivity index (χ2v) is 6.26. The van der Waals surface area contributed by atoms with E-state index in [1.54, 1.807) is 0 Å². The van der Waals surface area contributed by atoms with Gasteiger partial charge in [-0.1, -0.05) is 6.07 Å². The highest BCUT2D eigenvalue weighted by Gasteiger charge is 2.23. The van der Waals surface area contributed by atoms with Crippen molar-refractivity contribution in [2.45, 2.75) is 11.4 Å². The molecular weight excluding hydrogens is 296 g/mol. The van der Waals surface area contributed by atoms with Crippen molar-refractivity contribution in [3.05, 3.63) is 42.0 Å². The average Bonchev–Trinajstić information content (AvgIpc) is 2.99. The molecule has 0 amide bonds. The molecule has 0 bridgehead atoms. The quantitative estimate of drug-likeness (QED) is 0.802. The number of aromatic nitrogens is 3. The maximum atomic E-state index is 12.4. The lowest BCUT2D eigenvalue weighted by atomic mass is 10.2. The number of aromatic amines is 1. The van der Waals surface area contributed by atoms with Crippen molar-refractivity contribution < 1.29 is 17.9 Å². The van der Waals surface area contributed by atoms with Crippen LogP contribution in [0.4, 0.5) is 0 Å². The summed E-state index contributed by atoms with van der Waals surface area (Å²) in [6.45, 7) is 0.0464. The van der Waals surface area contributed by atoms with E-state index in [-0.39, 0.29) is 17.0 Å². The minimum absolute atomic E-state index is 0.00687. The average molecular weight is 310 g/mol. The van der Waals surface area contributed by atoms with Crippen LogP contribution >= 0.6 is 0 Å². The zero-order chi connectivity index (χ0) is 15.5. The number of esters is 1. The lowest BCUT2D eigenvalue weighted by Gasteiger charge is -2.16. The van der Waals surface area contributed by atoms with E-state index in [1.165, 1.54) is 44.8 Å². The van der Waals surface area contributed by atoms with Gasteiger partial charge in [0.15, 0.2) is 0 Å². The standard InChI is InChI=1S/C12H14N4O4S/c1-16(7-11-13-8-14-15-11)21(18,19)10-5-3-4-9(6-10)12(17)20-2/h3-6,8H,7H2,1-2H3,(H,13,14,15). The third-order valence-corrected chi connectivity index (χ3v) is 4.60. The smallest absolute Gasteiger partial charge is 0.337 e. The number of sulfonamides is 1. The number of carbonyl (C=O) groups excluding carboxylic acids is 1. The molecule has 0 saturated heterocycles. The van der Waals surface area contributed by atoms with Crippen LogP contribution in [0.25, 0.3) is 0 Å². The predicted molar refractivity (Wildman–Crippen MR) is 72.8 cm³/mol. The molecule has 1 aromatic heterocycles. The van der Waals surface area contributed by atoms with Crippen LogP contribution in [0.3, 0.4) is 0 Å². The summed E-state index contributed by atoms with van der Waals surface area (Å²) in [5.74, 6) is -0.171. The molecule has 0 spiro atoms. The molecule has 2 rings (SSSR count). The van der Waals surface area contributed by atoms with E-state index >= 15 is 0 Å². The lowest BCUT2D eigenvalue weighted by molar-refractivity contribution is 0.0600. The van der Waals surface area contributed by atoms with Gasteiger partial charge in [0.2, 0.25) is 10.0 Å². The molecule has 0 unspecified atom stereocenters. The Labute approximate surface area is 121 Å². The van der Waals surface area contributed by atoms with Crippen molar-refractivity contribution >= 4 is 16.0 Å². The van der Waals surface area contributed by atoms with Gasteiger partial charge in [0, 0.05) is 7.05 Å². The number of hydrogen-bond acceptors (Lipinski definition) is 6. The zero-order valence-electron chi connectivity index (χ0n) is 11.5. The van der Waals surface area contributed by atoms with Crippen LogP contribution in [-0.2, 0) is 21.3 Å². The SMILES string of the molecule is COC(=O)c1cccc(S(=O)(=O)N(C)Cc2ncn[nH]2)c1. The Hall–Kier alpha value is -2.26. The molecular formula is C12H14N4O4S. The summed E-state index contributed by atoms with van der Waals surface area (Å²) in [6, 6.07) is 5.67. The molecule has 2 aromatic rings. The normalized spacial score (nSPS) is 11.6. The fourth-order valence-electron chi connectivity index (χ4n) is 1.68. The zero-order valence-corrected chi connectivity index (χ0v) is 12.3. The summed E-state index contributed by atoms with van der Waals surface area (Å²) in [5, 5.41) is 6.25. The second-order valence-electron chi connectivity index (χ2n) is 4.21. The summed E-state index contributed by atoms with van der Waals surface area (Å²) < 4.78 is 30.6. The van der Waals surface area contributed by atoms with E-state index in [9.17, 15) is 13.2 Å². The summed E-state index contributed by atoms with van der Waals surface area (Å²) in [5.41, 5.74) is 0.173. The van der Waals surface area contributed by atoms with Crippen LogP contribution in [0.1, 0.15) is 16.2 Å². The number of carbonyl (C=O) groups is 1. The van der Waals surface area contributed by atoms with Gasteiger partial charge in [-0.25, -0.2) is 18.2 Å². The number of rotatable bonds is 5. The molecule has 8 nitrogen and oxygen atoms in total. The van der Waals surface area contributed by atoms with Crippen molar-refractivity contribution in [3.63, 3.8) is 0 Å². The van der Waals surface area contributed by atoms with Crippen molar-refractivity contribution in [2.24, 2.45) is 0 Å². The van der Waals surface area contributed by atoms with Crippen LogP contribution in [0, 0.1) is 0 Å².